The molecule has 0 saturated carbocycles. The normalized spacial score (nSPS) is 17.0. The van der Waals surface area contributed by atoms with Crippen LogP contribution in [-0.4, -0.2) is 39.0 Å². The van der Waals surface area contributed by atoms with Gasteiger partial charge in [-0.15, -0.1) is 0 Å². The Morgan fingerprint density at radius 3 is 2.86 bits per heavy atom. The zero-order chi connectivity index (χ0) is 20.4. The van der Waals surface area contributed by atoms with Crippen molar-refractivity contribution in [1.82, 2.24) is 20.2 Å². The van der Waals surface area contributed by atoms with Gasteiger partial charge in [-0.2, -0.15) is 5.10 Å². The van der Waals surface area contributed by atoms with Crippen molar-refractivity contribution in [3.05, 3.63) is 65.1 Å². The van der Waals surface area contributed by atoms with Gasteiger partial charge in [-0.3, -0.25) is 9.89 Å². The highest BCUT2D eigenvalue weighted by Gasteiger charge is 2.25. The zero-order valence-electron chi connectivity index (χ0n) is 17.0. The molecule has 0 amide bonds. The number of aromatic nitrogens is 4. The first kappa shape index (κ1) is 19.1. The van der Waals surface area contributed by atoms with E-state index in [9.17, 15) is 4.79 Å². The Morgan fingerprint density at radius 2 is 2.14 bits per heavy atom. The molecule has 0 aliphatic carbocycles. The van der Waals surface area contributed by atoms with Crippen molar-refractivity contribution >= 4 is 17.7 Å². The molecule has 3 aromatic rings. The standard InChI is InChI=1S/C23H25N5O/c1-15(17(3)29)10-18-4-5-19(11-16(18)2)23-24-8-6-22(27-23)28-9-7-20(14-28)21-12-25-26-13-21/h4-6,8,10-13,20H,7,9,14H2,1-3H3,(H,25,26)/b15-10+. The van der Waals surface area contributed by atoms with Gasteiger partial charge in [0.2, 0.25) is 0 Å². The van der Waals surface area contributed by atoms with E-state index in [4.69, 9.17) is 4.98 Å². The lowest BCUT2D eigenvalue weighted by molar-refractivity contribution is -0.113. The summed E-state index contributed by atoms with van der Waals surface area (Å²) in [5.41, 5.74) is 5.12. The van der Waals surface area contributed by atoms with Crippen molar-refractivity contribution < 1.29 is 4.79 Å². The summed E-state index contributed by atoms with van der Waals surface area (Å²) in [7, 11) is 0. The number of carbonyl (C=O) groups is 1. The molecular formula is C23H25N5O. The lowest BCUT2D eigenvalue weighted by atomic mass is 10.0. The Morgan fingerprint density at radius 1 is 1.28 bits per heavy atom. The summed E-state index contributed by atoms with van der Waals surface area (Å²) < 4.78 is 0. The topological polar surface area (TPSA) is 74.8 Å². The number of rotatable bonds is 5. The highest BCUT2D eigenvalue weighted by molar-refractivity contribution is 5.97. The fourth-order valence-corrected chi connectivity index (χ4v) is 3.70. The third-order valence-electron chi connectivity index (χ3n) is 5.60. The first-order chi connectivity index (χ1) is 14.0. The smallest absolute Gasteiger partial charge is 0.161 e. The van der Waals surface area contributed by atoms with E-state index >= 15 is 0 Å². The zero-order valence-corrected chi connectivity index (χ0v) is 17.0. The number of carbonyl (C=O) groups excluding carboxylic acids is 1. The van der Waals surface area contributed by atoms with Crippen LogP contribution < -0.4 is 4.90 Å². The van der Waals surface area contributed by atoms with Crippen molar-refractivity contribution in [1.29, 1.82) is 0 Å². The van der Waals surface area contributed by atoms with Gasteiger partial charge in [0.1, 0.15) is 5.82 Å². The van der Waals surface area contributed by atoms with Crippen LogP contribution in [0.2, 0.25) is 0 Å². The molecule has 1 atom stereocenters. The van der Waals surface area contributed by atoms with E-state index in [0.29, 0.717) is 5.92 Å². The molecule has 29 heavy (non-hydrogen) atoms. The number of anilines is 1. The van der Waals surface area contributed by atoms with Crippen LogP contribution in [0.4, 0.5) is 5.82 Å². The molecule has 6 heteroatoms. The maximum atomic E-state index is 11.5. The quantitative estimate of drug-likeness (QED) is 0.665. The second-order valence-corrected chi connectivity index (χ2v) is 7.66. The maximum absolute atomic E-state index is 11.5. The predicted molar refractivity (Wildman–Crippen MR) is 115 cm³/mol. The van der Waals surface area contributed by atoms with Crippen LogP contribution in [0.15, 0.2) is 48.4 Å². The Labute approximate surface area is 170 Å². The second kappa shape index (κ2) is 7.99. The number of aryl methyl sites for hydroxylation is 1. The monoisotopic (exact) mass is 387 g/mol. The van der Waals surface area contributed by atoms with Gasteiger partial charge in [0, 0.05) is 37.0 Å². The molecular weight excluding hydrogens is 362 g/mol. The first-order valence-corrected chi connectivity index (χ1v) is 9.88. The molecule has 4 rings (SSSR count). The largest absolute Gasteiger partial charge is 0.356 e. The number of nitrogens with zero attached hydrogens (tertiary/aromatic N) is 4. The van der Waals surface area contributed by atoms with Crippen molar-refractivity contribution in [2.24, 2.45) is 0 Å². The molecule has 1 saturated heterocycles. The average Bonchev–Trinajstić information content (AvgIpc) is 3.41. The lowest BCUT2D eigenvalue weighted by Crippen LogP contribution is -2.20. The van der Waals surface area contributed by atoms with Crippen LogP contribution >= 0.6 is 0 Å². The molecule has 148 valence electrons. The lowest BCUT2D eigenvalue weighted by Gasteiger charge is -2.18. The first-order valence-electron chi connectivity index (χ1n) is 9.88. The van der Waals surface area contributed by atoms with Crippen molar-refractivity contribution in [2.75, 3.05) is 18.0 Å². The number of hydrogen-bond donors (Lipinski definition) is 1. The van der Waals surface area contributed by atoms with Gasteiger partial charge in [0.05, 0.1) is 6.20 Å². The summed E-state index contributed by atoms with van der Waals surface area (Å²) >= 11 is 0. The van der Waals surface area contributed by atoms with E-state index in [2.05, 4.69) is 26.1 Å². The van der Waals surface area contributed by atoms with E-state index in [-0.39, 0.29) is 5.78 Å². The molecule has 0 spiro atoms. The van der Waals surface area contributed by atoms with Gasteiger partial charge in [-0.25, -0.2) is 9.97 Å². The molecule has 0 bridgehead atoms. The Hall–Kier alpha value is -3.28. The van der Waals surface area contributed by atoms with E-state index in [1.54, 1.807) is 6.92 Å². The number of allylic oxidation sites excluding steroid dienone is 1. The molecule has 2 aromatic heterocycles. The van der Waals surface area contributed by atoms with Crippen molar-refractivity contribution in [2.45, 2.75) is 33.1 Å². The summed E-state index contributed by atoms with van der Waals surface area (Å²) in [5, 5.41) is 6.97. The summed E-state index contributed by atoms with van der Waals surface area (Å²) in [5.74, 6) is 2.24. The molecule has 1 fully saturated rings. The minimum Gasteiger partial charge on any atom is -0.356 e. The fraction of sp³-hybridized carbons (Fsp3) is 0.304. The van der Waals surface area contributed by atoms with Crippen molar-refractivity contribution in [3.8, 4) is 11.4 Å². The van der Waals surface area contributed by atoms with E-state index in [0.717, 1.165) is 53.4 Å². The molecule has 0 radical (unpaired) electrons. The number of H-pyrrole nitrogens is 1. The number of aromatic amines is 1. The van der Waals surface area contributed by atoms with E-state index in [1.807, 2.05) is 56.7 Å². The highest BCUT2D eigenvalue weighted by Crippen LogP contribution is 2.30. The van der Waals surface area contributed by atoms with Gasteiger partial charge in [-0.05, 0) is 67.7 Å². The van der Waals surface area contributed by atoms with Gasteiger partial charge >= 0.3 is 0 Å². The highest BCUT2D eigenvalue weighted by atomic mass is 16.1. The van der Waals surface area contributed by atoms with Gasteiger partial charge in [0.15, 0.2) is 11.6 Å². The number of ketones is 1. The van der Waals surface area contributed by atoms with Crippen LogP contribution in [0, 0.1) is 6.92 Å². The molecule has 1 aliphatic rings. The summed E-state index contributed by atoms with van der Waals surface area (Å²) in [6, 6.07) is 8.10. The summed E-state index contributed by atoms with van der Waals surface area (Å²) in [6.07, 6.45) is 8.73. The van der Waals surface area contributed by atoms with E-state index in [1.165, 1.54) is 5.56 Å². The number of Topliss-reactive ketones (excluding diaryl/α,β-unsaturated/α-hetero) is 1. The Balaban J connectivity index is 1.55. The minimum atomic E-state index is 0.0869. The molecule has 1 N–H and O–H groups in total. The van der Waals surface area contributed by atoms with Crippen LogP contribution in [0.25, 0.3) is 17.5 Å². The maximum Gasteiger partial charge on any atom is 0.161 e. The van der Waals surface area contributed by atoms with Crippen LogP contribution in [0.5, 0.6) is 0 Å². The number of benzene rings is 1. The SMILES string of the molecule is CC(=O)/C(C)=C/c1ccc(-c2nccc(N3CCC(c4cn[nH]c4)C3)n2)cc1C. The van der Waals surface area contributed by atoms with Crippen LogP contribution in [-0.2, 0) is 4.79 Å². The Kier molecular flexibility index (Phi) is 5.25. The second-order valence-electron chi connectivity index (χ2n) is 7.66. The molecule has 1 unspecified atom stereocenters. The fourth-order valence-electron chi connectivity index (χ4n) is 3.70. The van der Waals surface area contributed by atoms with Crippen molar-refractivity contribution in [3.63, 3.8) is 0 Å². The van der Waals surface area contributed by atoms with Gasteiger partial charge < -0.3 is 4.90 Å². The van der Waals surface area contributed by atoms with Crippen LogP contribution in [0.3, 0.4) is 0 Å². The molecule has 1 aromatic carbocycles. The number of hydrogen-bond acceptors (Lipinski definition) is 5. The molecule has 3 heterocycles. The summed E-state index contributed by atoms with van der Waals surface area (Å²) in [4.78, 5) is 23.1. The third-order valence-corrected chi connectivity index (χ3v) is 5.60. The number of nitrogens with one attached hydrogen (secondary N) is 1. The average molecular weight is 387 g/mol. The Bertz CT molecular complexity index is 1050. The van der Waals surface area contributed by atoms with Gasteiger partial charge in [-0.1, -0.05) is 12.1 Å². The third kappa shape index (κ3) is 4.11. The van der Waals surface area contributed by atoms with Crippen LogP contribution in [0.1, 0.15) is 42.9 Å². The predicted octanol–water partition coefficient (Wildman–Crippen LogP) is 4.16. The molecule has 1 aliphatic heterocycles. The minimum absolute atomic E-state index is 0.0869. The van der Waals surface area contributed by atoms with E-state index < -0.39 is 0 Å². The van der Waals surface area contributed by atoms with Gasteiger partial charge in [0.25, 0.3) is 0 Å². The summed E-state index contributed by atoms with van der Waals surface area (Å²) in [6.45, 7) is 7.38. The molecule has 6 nitrogen and oxygen atoms in total.